The number of hydrogen-bond donors (Lipinski definition) is 2. The molecule has 5 heteroatoms. The van der Waals surface area contributed by atoms with Crippen LogP contribution >= 0.6 is 28.3 Å². The first-order valence-corrected chi connectivity index (χ1v) is 8.78. The Morgan fingerprint density at radius 3 is 2.73 bits per heavy atom. The predicted molar refractivity (Wildman–Crippen MR) is 95.6 cm³/mol. The van der Waals surface area contributed by atoms with E-state index in [0.717, 1.165) is 48.8 Å². The Kier molecular flexibility index (Phi) is 6.30. The molecule has 0 spiro atoms. The fraction of sp³-hybridized carbons (Fsp3) is 0.588. The number of nitrogens with one attached hydrogen (secondary N) is 2. The van der Waals surface area contributed by atoms with Crippen LogP contribution in [0.5, 0.6) is 0 Å². The molecule has 1 aromatic rings. The Balaban J connectivity index is 0.00000176. The number of hydrogen-bond acceptors (Lipinski definition) is 2. The Morgan fingerprint density at radius 1 is 1.32 bits per heavy atom. The maximum absolute atomic E-state index is 12.9. The first-order valence-electron chi connectivity index (χ1n) is 7.98. The smallest absolute Gasteiger partial charge is 0.230 e. The SMILES string of the molecule is Cl.O=C(NCC1CCCN1)C1(c2cccc(Br)c2)CCCC1. The summed E-state index contributed by atoms with van der Waals surface area (Å²) in [5.74, 6) is 0.215. The first kappa shape index (κ1) is 17.8. The first-order chi connectivity index (χ1) is 10.2. The highest BCUT2D eigenvalue weighted by Crippen LogP contribution is 2.42. The number of carbonyl (C=O) groups excluding carboxylic acids is 1. The van der Waals surface area contributed by atoms with E-state index >= 15 is 0 Å². The highest BCUT2D eigenvalue weighted by Gasteiger charge is 2.42. The van der Waals surface area contributed by atoms with Crippen molar-refractivity contribution in [2.45, 2.75) is 50.0 Å². The second-order valence-electron chi connectivity index (χ2n) is 6.30. The van der Waals surface area contributed by atoms with Crippen LogP contribution < -0.4 is 10.6 Å². The molecule has 3 nitrogen and oxygen atoms in total. The van der Waals surface area contributed by atoms with Crippen LogP contribution in [-0.4, -0.2) is 25.0 Å². The van der Waals surface area contributed by atoms with Crippen molar-refractivity contribution in [2.24, 2.45) is 0 Å². The van der Waals surface area contributed by atoms with Crippen LogP contribution in [0, 0.1) is 0 Å². The molecule has 1 unspecified atom stereocenters. The van der Waals surface area contributed by atoms with Crippen molar-refractivity contribution in [3.8, 4) is 0 Å². The van der Waals surface area contributed by atoms with Crippen LogP contribution in [0.1, 0.15) is 44.1 Å². The summed E-state index contributed by atoms with van der Waals surface area (Å²) in [6.07, 6.45) is 6.60. The van der Waals surface area contributed by atoms with Gasteiger partial charge in [0.25, 0.3) is 0 Å². The second kappa shape index (κ2) is 7.80. The fourth-order valence-electron chi connectivity index (χ4n) is 3.73. The molecule has 2 fully saturated rings. The highest BCUT2D eigenvalue weighted by atomic mass is 79.9. The molecule has 1 saturated carbocycles. The van der Waals surface area contributed by atoms with Crippen molar-refractivity contribution >= 4 is 34.2 Å². The molecule has 1 atom stereocenters. The summed E-state index contributed by atoms with van der Waals surface area (Å²) in [5, 5.41) is 6.65. The van der Waals surface area contributed by atoms with E-state index in [2.05, 4.69) is 38.7 Å². The summed E-state index contributed by atoms with van der Waals surface area (Å²) in [7, 11) is 0. The van der Waals surface area contributed by atoms with Gasteiger partial charge in [-0.3, -0.25) is 4.79 Å². The maximum Gasteiger partial charge on any atom is 0.230 e. The normalized spacial score (nSPS) is 23.0. The fourth-order valence-corrected chi connectivity index (χ4v) is 4.13. The van der Waals surface area contributed by atoms with Gasteiger partial charge in [-0.2, -0.15) is 0 Å². The van der Waals surface area contributed by atoms with E-state index in [1.165, 1.54) is 12.8 Å². The second-order valence-corrected chi connectivity index (χ2v) is 7.22. The van der Waals surface area contributed by atoms with E-state index in [4.69, 9.17) is 0 Å². The third-order valence-corrected chi connectivity index (χ3v) is 5.43. The quantitative estimate of drug-likeness (QED) is 0.829. The monoisotopic (exact) mass is 386 g/mol. The summed E-state index contributed by atoms with van der Waals surface area (Å²) in [4.78, 5) is 12.9. The lowest BCUT2D eigenvalue weighted by molar-refractivity contribution is -0.126. The van der Waals surface area contributed by atoms with Crippen molar-refractivity contribution in [2.75, 3.05) is 13.1 Å². The van der Waals surface area contributed by atoms with Crippen molar-refractivity contribution in [3.63, 3.8) is 0 Å². The van der Waals surface area contributed by atoms with E-state index in [0.29, 0.717) is 6.04 Å². The topological polar surface area (TPSA) is 41.1 Å². The Hall–Kier alpha value is -0.580. The van der Waals surface area contributed by atoms with E-state index in [1.54, 1.807) is 0 Å². The number of amides is 1. The van der Waals surface area contributed by atoms with Gasteiger partial charge in [-0.1, -0.05) is 40.9 Å². The van der Waals surface area contributed by atoms with Gasteiger partial charge >= 0.3 is 0 Å². The lowest BCUT2D eigenvalue weighted by Gasteiger charge is -2.29. The van der Waals surface area contributed by atoms with Crippen LogP contribution in [0.25, 0.3) is 0 Å². The lowest BCUT2D eigenvalue weighted by Crippen LogP contribution is -2.46. The molecule has 122 valence electrons. The van der Waals surface area contributed by atoms with Gasteiger partial charge in [0, 0.05) is 17.1 Å². The number of benzene rings is 1. The molecule has 1 saturated heterocycles. The third kappa shape index (κ3) is 3.66. The zero-order valence-corrected chi connectivity index (χ0v) is 15.1. The van der Waals surface area contributed by atoms with E-state index < -0.39 is 0 Å². The van der Waals surface area contributed by atoms with Crippen LogP contribution in [0.15, 0.2) is 28.7 Å². The summed E-state index contributed by atoms with van der Waals surface area (Å²) in [6, 6.07) is 8.72. The minimum absolute atomic E-state index is 0. The van der Waals surface area contributed by atoms with Crippen LogP contribution in [0.2, 0.25) is 0 Å². The zero-order chi connectivity index (χ0) is 14.7. The average Bonchev–Trinajstić information content (AvgIpc) is 3.17. The molecule has 3 rings (SSSR count). The summed E-state index contributed by atoms with van der Waals surface area (Å²) < 4.78 is 1.05. The minimum Gasteiger partial charge on any atom is -0.354 e. The molecular weight excluding hydrogens is 364 g/mol. The van der Waals surface area contributed by atoms with Gasteiger partial charge in [0.05, 0.1) is 5.41 Å². The predicted octanol–water partition coefficient (Wildman–Crippen LogP) is 3.55. The maximum atomic E-state index is 12.9. The Bertz CT molecular complexity index is 511. The van der Waals surface area contributed by atoms with E-state index in [-0.39, 0.29) is 23.7 Å². The highest BCUT2D eigenvalue weighted by molar-refractivity contribution is 9.10. The number of halogens is 2. The van der Waals surface area contributed by atoms with Gasteiger partial charge in [0.15, 0.2) is 0 Å². The molecule has 2 aliphatic rings. The van der Waals surface area contributed by atoms with Crippen molar-refractivity contribution in [3.05, 3.63) is 34.3 Å². The van der Waals surface area contributed by atoms with E-state index in [1.807, 2.05) is 12.1 Å². The molecule has 2 N–H and O–H groups in total. The molecule has 1 aromatic carbocycles. The molecule has 0 radical (unpaired) electrons. The molecule has 1 aliphatic heterocycles. The van der Waals surface area contributed by atoms with Crippen LogP contribution in [-0.2, 0) is 10.2 Å². The molecular formula is C17H24BrClN2O. The largest absolute Gasteiger partial charge is 0.354 e. The third-order valence-electron chi connectivity index (χ3n) is 4.94. The number of carbonyl (C=O) groups is 1. The molecule has 22 heavy (non-hydrogen) atoms. The Labute approximate surface area is 147 Å². The molecule has 1 amide bonds. The Morgan fingerprint density at radius 2 is 2.09 bits per heavy atom. The molecule has 1 heterocycles. The van der Waals surface area contributed by atoms with Gasteiger partial charge in [-0.05, 0) is 49.9 Å². The standard InChI is InChI=1S/C17H23BrN2O.ClH/c18-14-6-3-5-13(11-14)17(8-1-2-9-17)16(21)20-12-15-7-4-10-19-15;/h3,5-6,11,15,19H,1-2,4,7-10,12H2,(H,20,21);1H. The number of rotatable bonds is 4. The van der Waals surface area contributed by atoms with Gasteiger partial charge in [0.2, 0.25) is 5.91 Å². The van der Waals surface area contributed by atoms with Gasteiger partial charge in [-0.25, -0.2) is 0 Å². The lowest BCUT2D eigenvalue weighted by atomic mass is 9.78. The molecule has 0 aromatic heterocycles. The average molecular weight is 388 g/mol. The molecule has 1 aliphatic carbocycles. The zero-order valence-electron chi connectivity index (χ0n) is 12.7. The van der Waals surface area contributed by atoms with Crippen molar-refractivity contribution in [1.29, 1.82) is 0 Å². The summed E-state index contributed by atoms with van der Waals surface area (Å²) >= 11 is 3.53. The minimum atomic E-state index is -0.317. The summed E-state index contributed by atoms with van der Waals surface area (Å²) in [5.41, 5.74) is 0.841. The van der Waals surface area contributed by atoms with Crippen molar-refractivity contribution in [1.82, 2.24) is 10.6 Å². The van der Waals surface area contributed by atoms with Gasteiger partial charge < -0.3 is 10.6 Å². The van der Waals surface area contributed by atoms with Crippen LogP contribution in [0.4, 0.5) is 0 Å². The van der Waals surface area contributed by atoms with Crippen molar-refractivity contribution < 1.29 is 4.79 Å². The van der Waals surface area contributed by atoms with Gasteiger partial charge in [0.1, 0.15) is 0 Å². The summed E-state index contributed by atoms with van der Waals surface area (Å²) in [6.45, 7) is 1.84. The van der Waals surface area contributed by atoms with Crippen LogP contribution in [0.3, 0.4) is 0 Å². The van der Waals surface area contributed by atoms with Gasteiger partial charge in [-0.15, -0.1) is 12.4 Å². The molecule has 0 bridgehead atoms. The van der Waals surface area contributed by atoms with E-state index in [9.17, 15) is 4.79 Å².